The summed E-state index contributed by atoms with van der Waals surface area (Å²) in [5, 5.41) is 2.89. The fraction of sp³-hybridized carbons (Fsp3) is 0.364. The first-order valence-electron chi connectivity index (χ1n) is 8.94. The van der Waals surface area contributed by atoms with Gasteiger partial charge in [0.05, 0.1) is 6.54 Å². The highest BCUT2D eigenvalue weighted by Crippen LogP contribution is 2.18. The second-order valence-electron chi connectivity index (χ2n) is 6.98. The molecule has 0 saturated carbocycles. The minimum absolute atomic E-state index is 0.0268. The summed E-state index contributed by atoms with van der Waals surface area (Å²) in [6.07, 6.45) is 1.09. The van der Waals surface area contributed by atoms with Crippen molar-refractivity contribution in [3.8, 4) is 0 Å². The number of likely N-dealkylation sites (N-methyl/N-ethyl adjacent to an activating group) is 1. The third kappa shape index (κ3) is 5.19. The molecule has 0 bridgehead atoms. The molecule has 138 valence electrons. The van der Waals surface area contributed by atoms with Crippen LogP contribution in [0.2, 0.25) is 0 Å². The monoisotopic (exact) mass is 352 g/mol. The maximum Gasteiger partial charge on any atom is 0.243 e. The Labute approximate surface area is 156 Å². The van der Waals surface area contributed by atoms with Gasteiger partial charge in [-0.1, -0.05) is 35.9 Å². The molecule has 1 N–H and O–H groups in total. The molecule has 0 radical (unpaired) electrons. The summed E-state index contributed by atoms with van der Waals surface area (Å²) < 4.78 is 0. The molecule has 0 unspecified atom stereocenters. The standard InChI is InChI=1S/C22H28N2O2/c1-15-9-10-19(17(3)13-15)11-12-22(26)24(5)14-21(25)23-20-8-6-7-16(2)18(20)4/h6-10,13H,11-12,14H2,1-5H3,(H,23,25). The molecule has 0 atom stereocenters. The molecule has 26 heavy (non-hydrogen) atoms. The zero-order valence-electron chi connectivity index (χ0n) is 16.3. The lowest BCUT2D eigenvalue weighted by Crippen LogP contribution is -2.35. The number of rotatable bonds is 6. The Bertz CT molecular complexity index is 812. The number of hydrogen-bond acceptors (Lipinski definition) is 2. The Morgan fingerprint density at radius 2 is 1.73 bits per heavy atom. The number of nitrogens with zero attached hydrogens (tertiary/aromatic N) is 1. The number of carbonyl (C=O) groups is 2. The van der Waals surface area contributed by atoms with Gasteiger partial charge in [-0.05, 0) is 62.4 Å². The Hall–Kier alpha value is -2.62. The molecule has 0 spiro atoms. The molecule has 0 fully saturated rings. The molecule has 2 rings (SSSR count). The van der Waals surface area contributed by atoms with E-state index < -0.39 is 0 Å². The van der Waals surface area contributed by atoms with Gasteiger partial charge < -0.3 is 10.2 Å². The zero-order valence-corrected chi connectivity index (χ0v) is 16.3. The van der Waals surface area contributed by atoms with E-state index in [-0.39, 0.29) is 18.4 Å². The summed E-state index contributed by atoms with van der Waals surface area (Å²) in [6.45, 7) is 8.16. The van der Waals surface area contributed by atoms with Gasteiger partial charge in [0.15, 0.2) is 0 Å². The molecule has 4 heteroatoms. The predicted octanol–water partition coefficient (Wildman–Crippen LogP) is 3.95. The summed E-state index contributed by atoms with van der Waals surface area (Å²) in [4.78, 5) is 26.1. The van der Waals surface area contributed by atoms with Crippen LogP contribution in [0.1, 0.15) is 34.2 Å². The van der Waals surface area contributed by atoms with Gasteiger partial charge in [0, 0.05) is 19.2 Å². The van der Waals surface area contributed by atoms with E-state index in [2.05, 4.69) is 37.4 Å². The SMILES string of the molecule is Cc1ccc(CCC(=O)N(C)CC(=O)Nc2cccc(C)c2C)c(C)c1. The smallest absolute Gasteiger partial charge is 0.243 e. The van der Waals surface area contributed by atoms with Crippen LogP contribution in [-0.2, 0) is 16.0 Å². The van der Waals surface area contributed by atoms with Crippen LogP contribution in [0.15, 0.2) is 36.4 Å². The van der Waals surface area contributed by atoms with Gasteiger partial charge in [-0.3, -0.25) is 9.59 Å². The van der Waals surface area contributed by atoms with Crippen LogP contribution in [0.25, 0.3) is 0 Å². The number of amides is 2. The summed E-state index contributed by atoms with van der Waals surface area (Å²) in [5.41, 5.74) is 6.57. The van der Waals surface area contributed by atoms with E-state index in [1.54, 1.807) is 7.05 Å². The van der Waals surface area contributed by atoms with E-state index in [1.807, 2.05) is 32.0 Å². The first-order valence-corrected chi connectivity index (χ1v) is 8.94. The van der Waals surface area contributed by atoms with Gasteiger partial charge >= 0.3 is 0 Å². The van der Waals surface area contributed by atoms with Crippen LogP contribution in [-0.4, -0.2) is 30.3 Å². The van der Waals surface area contributed by atoms with Crippen molar-refractivity contribution in [1.29, 1.82) is 0 Å². The topological polar surface area (TPSA) is 49.4 Å². The van der Waals surface area contributed by atoms with Gasteiger partial charge in [-0.15, -0.1) is 0 Å². The molecule has 0 aromatic heterocycles. The van der Waals surface area contributed by atoms with Crippen LogP contribution in [0.4, 0.5) is 5.69 Å². The van der Waals surface area contributed by atoms with Crippen molar-refractivity contribution in [3.63, 3.8) is 0 Å². The van der Waals surface area contributed by atoms with Crippen molar-refractivity contribution in [1.82, 2.24) is 4.90 Å². The van der Waals surface area contributed by atoms with Crippen molar-refractivity contribution >= 4 is 17.5 Å². The van der Waals surface area contributed by atoms with Crippen molar-refractivity contribution in [2.24, 2.45) is 0 Å². The number of anilines is 1. The molecule has 2 aromatic rings. The molecule has 2 amide bonds. The first-order chi connectivity index (χ1) is 12.3. The molecule has 4 nitrogen and oxygen atoms in total. The van der Waals surface area contributed by atoms with E-state index >= 15 is 0 Å². The maximum atomic E-state index is 12.3. The summed E-state index contributed by atoms with van der Waals surface area (Å²) in [7, 11) is 1.67. The summed E-state index contributed by atoms with van der Waals surface area (Å²) in [5.74, 6) is -0.206. The minimum atomic E-state index is -0.180. The van der Waals surface area contributed by atoms with E-state index in [4.69, 9.17) is 0 Å². The summed E-state index contributed by atoms with van der Waals surface area (Å²) >= 11 is 0. The fourth-order valence-corrected chi connectivity index (χ4v) is 2.94. The highest BCUT2D eigenvalue weighted by atomic mass is 16.2. The van der Waals surface area contributed by atoms with E-state index in [0.29, 0.717) is 12.8 Å². The fourth-order valence-electron chi connectivity index (χ4n) is 2.94. The highest BCUT2D eigenvalue weighted by Gasteiger charge is 2.14. The Morgan fingerprint density at radius 1 is 1.00 bits per heavy atom. The number of aryl methyl sites for hydroxylation is 4. The number of nitrogens with one attached hydrogen (secondary N) is 1. The second-order valence-corrected chi connectivity index (χ2v) is 6.98. The predicted molar refractivity (Wildman–Crippen MR) is 106 cm³/mol. The maximum absolute atomic E-state index is 12.3. The largest absolute Gasteiger partial charge is 0.336 e. The summed E-state index contributed by atoms with van der Waals surface area (Å²) in [6, 6.07) is 12.1. The van der Waals surface area contributed by atoms with Crippen molar-refractivity contribution in [2.75, 3.05) is 18.9 Å². The van der Waals surface area contributed by atoms with Crippen LogP contribution in [0.3, 0.4) is 0 Å². The normalized spacial score (nSPS) is 10.5. The number of benzene rings is 2. The lowest BCUT2D eigenvalue weighted by Gasteiger charge is -2.18. The quantitative estimate of drug-likeness (QED) is 0.856. The highest BCUT2D eigenvalue weighted by molar-refractivity contribution is 5.95. The zero-order chi connectivity index (χ0) is 19.3. The van der Waals surface area contributed by atoms with Crippen molar-refractivity contribution in [2.45, 2.75) is 40.5 Å². The van der Waals surface area contributed by atoms with Crippen molar-refractivity contribution < 1.29 is 9.59 Å². The van der Waals surface area contributed by atoms with Crippen LogP contribution >= 0.6 is 0 Å². The molecular formula is C22H28N2O2. The molecule has 0 saturated heterocycles. The second kappa shape index (κ2) is 8.65. The molecule has 0 aliphatic heterocycles. The van der Waals surface area contributed by atoms with Crippen molar-refractivity contribution in [3.05, 3.63) is 64.2 Å². The van der Waals surface area contributed by atoms with Gasteiger partial charge in [0.1, 0.15) is 0 Å². The van der Waals surface area contributed by atoms with Gasteiger partial charge in [0.2, 0.25) is 11.8 Å². The van der Waals surface area contributed by atoms with Gasteiger partial charge in [-0.25, -0.2) is 0 Å². The average molecular weight is 352 g/mol. The van der Waals surface area contributed by atoms with Gasteiger partial charge in [-0.2, -0.15) is 0 Å². The third-order valence-electron chi connectivity index (χ3n) is 4.79. The van der Waals surface area contributed by atoms with E-state index in [0.717, 1.165) is 16.8 Å². The Morgan fingerprint density at radius 3 is 2.42 bits per heavy atom. The molecular weight excluding hydrogens is 324 g/mol. The Balaban J connectivity index is 1.88. The lowest BCUT2D eigenvalue weighted by molar-refractivity contribution is -0.133. The number of carbonyl (C=O) groups excluding carboxylic acids is 2. The molecule has 0 aliphatic carbocycles. The van der Waals surface area contributed by atoms with Crippen LogP contribution in [0, 0.1) is 27.7 Å². The molecule has 0 aliphatic rings. The number of hydrogen-bond donors (Lipinski definition) is 1. The average Bonchev–Trinajstić information content (AvgIpc) is 2.57. The minimum Gasteiger partial charge on any atom is -0.336 e. The Kier molecular flexibility index (Phi) is 6.56. The third-order valence-corrected chi connectivity index (χ3v) is 4.79. The molecule has 0 heterocycles. The first kappa shape index (κ1) is 19.7. The van der Waals surface area contributed by atoms with Crippen LogP contribution in [0.5, 0.6) is 0 Å². The lowest BCUT2D eigenvalue weighted by atomic mass is 10.0. The molecule has 2 aromatic carbocycles. The van der Waals surface area contributed by atoms with E-state index in [1.165, 1.54) is 21.6 Å². The van der Waals surface area contributed by atoms with E-state index in [9.17, 15) is 9.59 Å². The van der Waals surface area contributed by atoms with Gasteiger partial charge in [0.25, 0.3) is 0 Å². The van der Waals surface area contributed by atoms with Crippen LogP contribution < -0.4 is 5.32 Å².